The van der Waals surface area contributed by atoms with Crippen LogP contribution in [0.4, 0.5) is 9.59 Å². The number of carboxylic acid groups (broad SMARTS) is 1. The Kier molecular flexibility index (Phi) is 6.38. The Labute approximate surface area is 107 Å². The fraction of sp³-hybridized carbons (Fsp3) is 0.700. The van der Waals surface area contributed by atoms with E-state index in [4.69, 9.17) is 9.84 Å². The highest BCUT2D eigenvalue weighted by Gasteiger charge is 2.27. The molecule has 2 N–H and O–H groups in total. The molecule has 0 aliphatic heterocycles. The molecule has 0 fully saturated rings. The van der Waals surface area contributed by atoms with Crippen LogP contribution in [0.3, 0.4) is 0 Å². The molecule has 0 spiro atoms. The molecule has 1 atom stereocenters. The lowest BCUT2D eigenvalue weighted by Gasteiger charge is -2.21. The molecule has 0 bridgehead atoms. The minimum Gasteiger partial charge on any atom is -0.481 e. The topological polar surface area (TPSA) is 102 Å². The predicted octanol–water partition coefficient (Wildman–Crippen LogP) is 1.06. The number of carboxylic acids is 1. The van der Waals surface area contributed by atoms with Gasteiger partial charge in [-0.1, -0.05) is 0 Å². The lowest BCUT2D eigenvalue weighted by atomic mass is 10.2. The normalized spacial score (nSPS) is 12.4. The molecule has 7 nitrogen and oxygen atoms in total. The van der Waals surface area contributed by atoms with Crippen LogP contribution in [0.25, 0.3) is 0 Å². The van der Waals surface area contributed by atoms with Crippen LogP contribution in [0, 0.1) is 0 Å². The second-order valence-corrected chi connectivity index (χ2v) is 7.10. The fourth-order valence-corrected chi connectivity index (χ4v) is 2.77. The molecule has 0 unspecified atom stereocenters. The van der Waals surface area contributed by atoms with Crippen molar-refractivity contribution in [2.24, 2.45) is 0 Å². The lowest BCUT2D eigenvalue weighted by molar-refractivity contribution is -0.136. The molecule has 0 saturated heterocycles. The first-order valence-electron chi connectivity index (χ1n) is 5.45. The zero-order chi connectivity index (χ0) is 14.3. The van der Waals surface area contributed by atoms with Gasteiger partial charge in [0.2, 0.25) is 0 Å². The molecule has 0 aromatic carbocycles. The Bertz CT molecular complexity index is 325. The van der Waals surface area contributed by atoms with E-state index in [1.165, 1.54) is 7.11 Å². The zero-order valence-corrected chi connectivity index (χ0v) is 12.1. The summed E-state index contributed by atoms with van der Waals surface area (Å²) >= 11 is 0. The second kappa shape index (κ2) is 6.99. The first-order valence-corrected chi connectivity index (χ1v) is 7.42. The molecule has 0 radical (unpaired) electrons. The smallest absolute Gasteiger partial charge is 0.399 e. The molecular weight excluding hydrogens is 258 g/mol. The molecule has 1 amide bonds. The van der Waals surface area contributed by atoms with Gasteiger partial charge >= 0.3 is 12.1 Å². The van der Waals surface area contributed by atoms with Gasteiger partial charge in [0.15, 0.2) is 0 Å². The molecule has 0 aromatic rings. The molecule has 8 heteroatoms. The molecule has 18 heavy (non-hydrogen) atoms. The fourth-order valence-electron chi connectivity index (χ4n) is 1.11. The van der Waals surface area contributed by atoms with Gasteiger partial charge in [0.1, 0.15) is 5.60 Å². The standard InChI is InChI=1S/C10H19NO6Si/c1-10(2,3)17-8(14)11-18(9(15)16-4)6-5-7(12)13/h18H,5-6H2,1-4H3,(H,11,14)(H,12,13)/t18-/m0/s1. The van der Waals surface area contributed by atoms with Crippen LogP contribution < -0.4 is 4.98 Å². The monoisotopic (exact) mass is 277 g/mol. The van der Waals surface area contributed by atoms with E-state index >= 15 is 0 Å². The van der Waals surface area contributed by atoms with E-state index in [1.807, 2.05) is 0 Å². The van der Waals surface area contributed by atoms with Gasteiger partial charge in [-0.25, -0.2) is 4.79 Å². The van der Waals surface area contributed by atoms with Gasteiger partial charge in [-0.2, -0.15) is 0 Å². The van der Waals surface area contributed by atoms with Crippen molar-refractivity contribution in [1.82, 2.24) is 4.98 Å². The van der Waals surface area contributed by atoms with Crippen molar-refractivity contribution in [3.8, 4) is 0 Å². The van der Waals surface area contributed by atoms with E-state index in [0.29, 0.717) is 0 Å². The average Bonchev–Trinajstić information content (AvgIpc) is 2.20. The highest BCUT2D eigenvalue weighted by molar-refractivity contribution is 6.88. The van der Waals surface area contributed by atoms with Crippen molar-refractivity contribution in [3.63, 3.8) is 0 Å². The number of carbonyl (C=O) groups is 3. The first-order chi connectivity index (χ1) is 8.15. The Hall–Kier alpha value is -1.57. The van der Waals surface area contributed by atoms with Gasteiger partial charge in [-0.05, 0) is 26.8 Å². The maximum Gasteiger partial charge on any atom is 0.399 e. The Morgan fingerprint density at radius 1 is 1.28 bits per heavy atom. The van der Waals surface area contributed by atoms with E-state index < -0.39 is 32.2 Å². The maximum absolute atomic E-state index is 11.5. The molecule has 0 aliphatic carbocycles. The number of aliphatic carboxylic acids is 1. The van der Waals surface area contributed by atoms with E-state index in [-0.39, 0.29) is 12.5 Å². The summed E-state index contributed by atoms with van der Waals surface area (Å²) in [4.78, 5) is 35.8. The Morgan fingerprint density at radius 2 is 1.83 bits per heavy atom. The molecule has 0 aromatic heterocycles. The summed E-state index contributed by atoms with van der Waals surface area (Å²) in [6.45, 7) is 5.08. The van der Waals surface area contributed by atoms with Gasteiger partial charge in [-0.15, -0.1) is 0 Å². The number of carbonyl (C=O) groups excluding carboxylic acids is 2. The highest BCUT2D eigenvalue weighted by Crippen LogP contribution is 2.07. The third-order valence-electron chi connectivity index (χ3n) is 1.82. The van der Waals surface area contributed by atoms with Crippen LogP contribution in [-0.2, 0) is 14.3 Å². The summed E-state index contributed by atoms with van der Waals surface area (Å²) < 4.78 is 9.53. The summed E-state index contributed by atoms with van der Waals surface area (Å²) in [6, 6.07) is 0.0846. The van der Waals surface area contributed by atoms with Crippen molar-refractivity contribution in [2.45, 2.75) is 38.8 Å². The van der Waals surface area contributed by atoms with Crippen molar-refractivity contribution >= 4 is 26.6 Å². The number of hydrogen-bond acceptors (Lipinski definition) is 5. The number of hydrogen-bond donors (Lipinski definition) is 2. The molecule has 0 heterocycles. The lowest BCUT2D eigenvalue weighted by Crippen LogP contribution is -2.47. The largest absolute Gasteiger partial charge is 0.481 e. The van der Waals surface area contributed by atoms with Crippen molar-refractivity contribution < 1.29 is 29.0 Å². The molecule has 0 aliphatic rings. The quantitative estimate of drug-likeness (QED) is 0.728. The molecule has 0 saturated carbocycles. The van der Waals surface area contributed by atoms with E-state index in [0.717, 1.165) is 0 Å². The SMILES string of the molecule is COC(=O)[Si@H](CCC(=O)O)NC(=O)OC(C)(C)C. The summed E-state index contributed by atoms with van der Waals surface area (Å²) in [6.07, 6.45) is -0.920. The third kappa shape index (κ3) is 7.66. The number of rotatable bonds is 5. The van der Waals surface area contributed by atoms with Gasteiger partial charge in [-0.3, -0.25) is 9.59 Å². The van der Waals surface area contributed by atoms with Gasteiger partial charge in [0.25, 0.3) is 14.6 Å². The Balaban J connectivity index is 4.45. The van der Waals surface area contributed by atoms with Gasteiger partial charge < -0.3 is 19.6 Å². The minimum atomic E-state index is -2.50. The van der Waals surface area contributed by atoms with Crippen LogP contribution in [0.5, 0.6) is 0 Å². The molecule has 104 valence electrons. The summed E-state index contributed by atoms with van der Waals surface area (Å²) in [7, 11) is -1.30. The predicted molar refractivity (Wildman–Crippen MR) is 66.0 cm³/mol. The van der Waals surface area contributed by atoms with Crippen LogP contribution >= 0.6 is 0 Å². The van der Waals surface area contributed by atoms with E-state index in [2.05, 4.69) is 9.72 Å². The average molecular weight is 277 g/mol. The minimum absolute atomic E-state index is 0.0846. The summed E-state index contributed by atoms with van der Waals surface area (Å²) in [5.74, 6) is -1.03. The van der Waals surface area contributed by atoms with Crippen molar-refractivity contribution in [2.75, 3.05) is 7.11 Å². The summed E-state index contributed by atoms with van der Waals surface area (Å²) in [5.41, 5.74) is -1.24. The van der Waals surface area contributed by atoms with Crippen molar-refractivity contribution in [3.05, 3.63) is 0 Å². The van der Waals surface area contributed by atoms with E-state index in [9.17, 15) is 14.4 Å². The zero-order valence-electron chi connectivity index (χ0n) is 11.0. The maximum atomic E-state index is 11.5. The second-order valence-electron chi connectivity index (χ2n) is 4.65. The Morgan fingerprint density at radius 3 is 2.22 bits per heavy atom. The van der Waals surface area contributed by atoms with Crippen LogP contribution in [-0.4, -0.2) is 44.4 Å². The number of ether oxygens (including phenoxy) is 2. The van der Waals surface area contributed by atoms with Gasteiger partial charge in [0.05, 0.1) is 7.11 Å². The number of nitrogens with one attached hydrogen (secondary N) is 1. The molecular formula is C10H19NO6Si. The van der Waals surface area contributed by atoms with Crippen molar-refractivity contribution in [1.29, 1.82) is 0 Å². The highest BCUT2D eigenvalue weighted by atomic mass is 28.3. The van der Waals surface area contributed by atoms with Crippen LogP contribution in [0.2, 0.25) is 6.04 Å². The first kappa shape index (κ1) is 16.4. The summed E-state index contributed by atoms with van der Waals surface area (Å²) in [5, 5.41) is 8.56. The molecule has 0 rings (SSSR count). The number of methoxy groups -OCH3 is 1. The van der Waals surface area contributed by atoms with Crippen LogP contribution in [0.15, 0.2) is 0 Å². The van der Waals surface area contributed by atoms with Gasteiger partial charge in [0, 0.05) is 6.42 Å². The van der Waals surface area contributed by atoms with Crippen LogP contribution in [0.1, 0.15) is 27.2 Å². The van der Waals surface area contributed by atoms with E-state index in [1.54, 1.807) is 20.8 Å². The third-order valence-corrected chi connectivity index (χ3v) is 4.08. The number of amides is 1.